The van der Waals surface area contributed by atoms with Crippen molar-refractivity contribution in [3.8, 4) is 5.75 Å². The van der Waals surface area contributed by atoms with Crippen LogP contribution in [0, 0.1) is 0 Å². The number of ether oxygens (including phenoxy) is 1. The van der Waals surface area contributed by atoms with Gasteiger partial charge < -0.3 is 10.1 Å². The molecule has 1 rings (SSSR count). The molecule has 0 aromatic heterocycles. The third-order valence-corrected chi connectivity index (χ3v) is 2.40. The molecule has 0 amide bonds. The summed E-state index contributed by atoms with van der Waals surface area (Å²) in [6, 6.07) is 6.43. The number of hydrogen-bond acceptors (Lipinski definition) is 2. The van der Waals surface area contributed by atoms with Crippen LogP contribution < -0.4 is 10.1 Å². The van der Waals surface area contributed by atoms with Gasteiger partial charge in [-0.3, -0.25) is 0 Å². The summed E-state index contributed by atoms with van der Waals surface area (Å²) in [5.74, 6) is 0.658. The Morgan fingerprint density at radius 3 is 2.56 bits per heavy atom. The van der Waals surface area contributed by atoms with Gasteiger partial charge in [-0.05, 0) is 24.6 Å². The maximum Gasteiger partial charge on any atom is 0.254 e. The van der Waals surface area contributed by atoms with Crippen LogP contribution in [-0.4, -0.2) is 26.1 Å². The summed E-state index contributed by atoms with van der Waals surface area (Å²) in [4.78, 5) is 0. The molecule has 0 saturated heterocycles. The second-order valence-corrected chi connectivity index (χ2v) is 3.51. The predicted molar refractivity (Wildman–Crippen MR) is 60.2 cm³/mol. The van der Waals surface area contributed by atoms with Crippen molar-refractivity contribution in [3.63, 3.8) is 0 Å². The fourth-order valence-electron chi connectivity index (χ4n) is 1.62. The van der Waals surface area contributed by atoms with Crippen LogP contribution >= 0.6 is 0 Å². The first-order chi connectivity index (χ1) is 7.69. The van der Waals surface area contributed by atoms with Crippen LogP contribution in [0.15, 0.2) is 24.3 Å². The first kappa shape index (κ1) is 12.9. The van der Waals surface area contributed by atoms with Crippen molar-refractivity contribution in [1.29, 1.82) is 0 Å². The zero-order chi connectivity index (χ0) is 12.0. The average Bonchev–Trinajstić information content (AvgIpc) is 2.29. The topological polar surface area (TPSA) is 21.3 Å². The van der Waals surface area contributed by atoms with Crippen LogP contribution in [0.3, 0.4) is 0 Å². The quantitative estimate of drug-likeness (QED) is 0.809. The largest absolute Gasteiger partial charge is 0.496 e. The van der Waals surface area contributed by atoms with Gasteiger partial charge in [-0.2, -0.15) is 0 Å². The highest BCUT2D eigenvalue weighted by Gasteiger charge is 2.20. The Labute approximate surface area is 94.6 Å². The Morgan fingerprint density at radius 2 is 2.00 bits per heavy atom. The minimum Gasteiger partial charge on any atom is -0.496 e. The summed E-state index contributed by atoms with van der Waals surface area (Å²) >= 11 is 0. The zero-order valence-corrected chi connectivity index (χ0v) is 9.54. The van der Waals surface area contributed by atoms with Crippen molar-refractivity contribution < 1.29 is 13.5 Å². The maximum absolute atomic E-state index is 12.7. The number of benzene rings is 1. The number of rotatable bonds is 6. The molecular weight excluding hydrogens is 212 g/mol. The Kier molecular flexibility index (Phi) is 5.19. The normalized spacial score (nSPS) is 12.8. The van der Waals surface area contributed by atoms with Crippen LogP contribution in [0.2, 0.25) is 0 Å². The lowest BCUT2D eigenvalue weighted by Gasteiger charge is -2.18. The van der Waals surface area contributed by atoms with E-state index in [-0.39, 0.29) is 6.42 Å². The van der Waals surface area contributed by atoms with E-state index in [1.165, 1.54) is 0 Å². The van der Waals surface area contributed by atoms with E-state index in [1.807, 2.05) is 25.1 Å². The van der Waals surface area contributed by atoms with Crippen LogP contribution in [0.25, 0.3) is 0 Å². The standard InChI is InChI=1S/C12H17F2NO/c1-3-15-10(12(13)14)8-9-6-4-5-7-11(9)16-2/h4-7,10,12,15H,3,8H2,1-2H3. The molecule has 0 aliphatic rings. The molecular formula is C12H17F2NO. The summed E-state index contributed by atoms with van der Waals surface area (Å²) < 4.78 is 30.5. The Hall–Kier alpha value is -1.16. The molecule has 1 unspecified atom stereocenters. The summed E-state index contributed by atoms with van der Waals surface area (Å²) in [5.41, 5.74) is 0.802. The number of halogens is 2. The molecule has 1 N–H and O–H groups in total. The van der Waals surface area contributed by atoms with Crippen molar-refractivity contribution in [2.75, 3.05) is 13.7 Å². The molecule has 0 bridgehead atoms. The molecule has 2 nitrogen and oxygen atoms in total. The van der Waals surface area contributed by atoms with Crippen molar-refractivity contribution in [1.82, 2.24) is 5.32 Å². The zero-order valence-electron chi connectivity index (χ0n) is 9.54. The number of likely N-dealkylation sites (N-methyl/N-ethyl adjacent to an activating group) is 1. The van der Waals surface area contributed by atoms with E-state index in [0.717, 1.165) is 5.56 Å². The molecule has 1 aromatic carbocycles. The number of nitrogens with one attached hydrogen (secondary N) is 1. The van der Waals surface area contributed by atoms with E-state index in [0.29, 0.717) is 12.3 Å². The average molecular weight is 229 g/mol. The molecule has 0 heterocycles. The van der Waals surface area contributed by atoms with Crippen molar-refractivity contribution >= 4 is 0 Å². The molecule has 0 fully saturated rings. The van der Waals surface area contributed by atoms with E-state index >= 15 is 0 Å². The van der Waals surface area contributed by atoms with Crippen LogP contribution in [-0.2, 0) is 6.42 Å². The van der Waals surface area contributed by atoms with E-state index in [9.17, 15) is 8.78 Å². The first-order valence-electron chi connectivity index (χ1n) is 5.32. The molecule has 0 radical (unpaired) electrons. The van der Waals surface area contributed by atoms with E-state index in [1.54, 1.807) is 13.2 Å². The van der Waals surface area contributed by atoms with E-state index < -0.39 is 12.5 Å². The number of hydrogen-bond donors (Lipinski definition) is 1. The van der Waals surface area contributed by atoms with Crippen molar-refractivity contribution in [2.45, 2.75) is 25.8 Å². The lowest BCUT2D eigenvalue weighted by molar-refractivity contribution is 0.0988. The van der Waals surface area contributed by atoms with Crippen LogP contribution in [0.5, 0.6) is 5.75 Å². The third kappa shape index (κ3) is 3.45. The lowest BCUT2D eigenvalue weighted by Crippen LogP contribution is -2.37. The molecule has 4 heteroatoms. The predicted octanol–water partition coefficient (Wildman–Crippen LogP) is 2.48. The maximum atomic E-state index is 12.7. The monoisotopic (exact) mass is 229 g/mol. The Bertz CT molecular complexity index is 318. The van der Waals surface area contributed by atoms with Crippen molar-refractivity contribution in [3.05, 3.63) is 29.8 Å². The molecule has 0 aliphatic carbocycles. The van der Waals surface area contributed by atoms with Gasteiger partial charge in [-0.25, -0.2) is 8.78 Å². The van der Waals surface area contributed by atoms with Gasteiger partial charge >= 0.3 is 0 Å². The van der Waals surface area contributed by atoms with Crippen LogP contribution in [0.1, 0.15) is 12.5 Å². The molecule has 1 aromatic rings. The molecule has 90 valence electrons. The number of methoxy groups -OCH3 is 1. The fraction of sp³-hybridized carbons (Fsp3) is 0.500. The van der Waals surface area contributed by atoms with Gasteiger partial charge in [0.1, 0.15) is 5.75 Å². The van der Waals surface area contributed by atoms with Gasteiger partial charge in [-0.15, -0.1) is 0 Å². The molecule has 16 heavy (non-hydrogen) atoms. The van der Waals surface area contributed by atoms with Gasteiger partial charge in [-0.1, -0.05) is 25.1 Å². The smallest absolute Gasteiger partial charge is 0.254 e. The highest BCUT2D eigenvalue weighted by Crippen LogP contribution is 2.20. The minimum absolute atomic E-state index is 0.273. The number of para-hydroxylation sites is 1. The van der Waals surface area contributed by atoms with Gasteiger partial charge in [0.2, 0.25) is 0 Å². The van der Waals surface area contributed by atoms with E-state index in [2.05, 4.69) is 5.32 Å². The summed E-state index contributed by atoms with van der Waals surface area (Å²) in [7, 11) is 1.55. The Morgan fingerprint density at radius 1 is 1.31 bits per heavy atom. The first-order valence-corrected chi connectivity index (χ1v) is 5.32. The van der Waals surface area contributed by atoms with Crippen LogP contribution in [0.4, 0.5) is 8.78 Å². The molecule has 0 saturated carbocycles. The second kappa shape index (κ2) is 6.43. The molecule has 0 spiro atoms. The lowest BCUT2D eigenvalue weighted by atomic mass is 10.1. The minimum atomic E-state index is -2.37. The summed E-state index contributed by atoms with van der Waals surface area (Å²) in [6.07, 6.45) is -2.10. The molecule has 0 aliphatic heterocycles. The number of alkyl halides is 2. The highest BCUT2D eigenvalue weighted by molar-refractivity contribution is 5.33. The van der Waals surface area contributed by atoms with E-state index in [4.69, 9.17) is 4.74 Å². The SMILES string of the molecule is CCNC(Cc1ccccc1OC)C(F)F. The second-order valence-electron chi connectivity index (χ2n) is 3.51. The highest BCUT2D eigenvalue weighted by atomic mass is 19.3. The van der Waals surface area contributed by atoms with Gasteiger partial charge in [0, 0.05) is 0 Å². The third-order valence-electron chi connectivity index (χ3n) is 2.40. The summed E-state index contributed by atoms with van der Waals surface area (Å²) in [5, 5.41) is 2.78. The Balaban J connectivity index is 2.76. The van der Waals surface area contributed by atoms with Gasteiger partial charge in [0.25, 0.3) is 6.43 Å². The van der Waals surface area contributed by atoms with Crippen molar-refractivity contribution in [2.24, 2.45) is 0 Å². The fourth-order valence-corrected chi connectivity index (χ4v) is 1.62. The van der Waals surface area contributed by atoms with Gasteiger partial charge in [0.15, 0.2) is 0 Å². The van der Waals surface area contributed by atoms with Gasteiger partial charge in [0.05, 0.1) is 13.2 Å². The molecule has 1 atom stereocenters. The summed E-state index contributed by atoms with van der Waals surface area (Å²) in [6.45, 7) is 2.35.